The van der Waals surface area contributed by atoms with Crippen molar-refractivity contribution in [1.29, 1.82) is 0 Å². The summed E-state index contributed by atoms with van der Waals surface area (Å²) in [6, 6.07) is 49.1. The van der Waals surface area contributed by atoms with E-state index < -0.39 is 76.7 Å². The van der Waals surface area contributed by atoms with Crippen LogP contribution in [0.4, 0.5) is 4.39 Å². The molecular weight excluding hydrogens is 1700 g/mol. The van der Waals surface area contributed by atoms with Crippen LogP contribution in [0, 0.1) is 19.7 Å². The van der Waals surface area contributed by atoms with E-state index in [1.807, 2.05) is 68.4 Å². The number of benzene rings is 8. The number of likely N-dealkylation sites (tertiary alicyclic amines) is 4. The molecule has 4 N–H and O–H groups in total. The number of likely N-dealkylation sites (N-methyl/N-ethyl adjacent to an activating group) is 1. The third-order valence-electron chi connectivity index (χ3n) is 24.9. The summed E-state index contributed by atoms with van der Waals surface area (Å²) in [5.74, 6) is -3.29. The number of halogens is 1. The molecule has 0 aromatic heterocycles. The van der Waals surface area contributed by atoms with Gasteiger partial charge in [0.2, 0.25) is 0 Å². The van der Waals surface area contributed by atoms with E-state index in [9.17, 15) is 63.2 Å². The molecule has 704 valence electrons. The fourth-order valence-electron chi connectivity index (χ4n) is 17.2. The summed E-state index contributed by atoms with van der Waals surface area (Å²) < 4.78 is 62.2. The number of aryl methyl sites for hydroxylation is 2. The number of aliphatic hydroxyl groups excluding tert-OH is 4. The van der Waals surface area contributed by atoms with E-state index in [0.29, 0.717) is 159 Å². The second kappa shape index (κ2) is 46.3. The van der Waals surface area contributed by atoms with Crippen LogP contribution >= 0.6 is 0 Å². The Morgan fingerprint density at radius 1 is 0.368 bits per heavy atom. The van der Waals surface area contributed by atoms with Gasteiger partial charge in [0, 0.05) is 119 Å². The largest absolute Gasteiger partial charge is 0.507 e. The van der Waals surface area contributed by atoms with Gasteiger partial charge in [-0.15, -0.1) is 0 Å². The minimum Gasteiger partial charge on any atom is -0.507 e. The third-order valence-corrected chi connectivity index (χ3v) is 24.9. The highest BCUT2D eigenvalue weighted by molar-refractivity contribution is 6.48. The molecule has 0 saturated carbocycles. The van der Waals surface area contributed by atoms with Gasteiger partial charge in [-0.05, 0) is 122 Å². The average Bonchev–Trinajstić information content (AvgIpc) is 1.61. The fourth-order valence-corrected chi connectivity index (χ4v) is 17.2. The first kappa shape index (κ1) is 99.0. The molecule has 7 fully saturated rings. The third kappa shape index (κ3) is 23.0. The second-order valence-corrected chi connectivity index (χ2v) is 33.1. The summed E-state index contributed by atoms with van der Waals surface area (Å²) in [7, 11) is 9.17. The van der Waals surface area contributed by atoms with Crippen LogP contribution in [0.5, 0.6) is 34.5 Å². The van der Waals surface area contributed by atoms with Gasteiger partial charge in [-0.2, -0.15) is 0 Å². The molecule has 0 spiro atoms. The molecule has 29 nitrogen and oxygen atoms in total. The molecule has 8 aromatic rings. The minimum absolute atomic E-state index is 0.0502. The van der Waals surface area contributed by atoms with Gasteiger partial charge in [0.15, 0.2) is 23.0 Å². The number of hydrogen-bond donors (Lipinski definition) is 4. The fraction of sp³-hybridized carbons (Fsp3) is 0.379. The number of carbonyl (C=O) groups excluding carboxylic acids is 8. The molecule has 30 heteroatoms. The van der Waals surface area contributed by atoms with E-state index in [1.165, 1.54) is 68.1 Å². The molecule has 7 heterocycles. The summed E-state index contributed by atoms with van der Waals surface area (Å²) in [6.07, 6.45) is 0. The first-order valence-corrected chi connectivity index (χ1v) is 44.7. The molecule has 4 unspecified atom stereocenters. The SMILES string of the molecule is CC(C)c1ccc(C2C(=C(O)c3ccccc3)C(=O)C(=O)N2CCN2CCOCC2)cc1.CCN(CC)CCN1C(=O)C(=O)C(=C(O)c2ccc(C)cc2)C1c1cc(OC)ccc1OC.COc1ccc(C2C(=C(O)c3ccc(C)cc3)C(=O)C(=O)N2CCN2CCOCC2)cc1OC.COc1ccc(C2C(=C(O)c3ccc(F)cc3)C(=O)C(=O)N2CCN2CCOCC2)cc1OC. The normalized spacial score (nSPS) is 20.1. The van der Waals surface area contributed by atoms with Crippen molar-refractivity contribution in [2.75, 3.05) is 187 Å². The van der Waals surface area contributed by atoms with Gasteiger partial charge in [-0.25, -0.2) is 4.39 Å². The molecule has 15 rings (SSSR count). The van der Waals surface area contributed by atoms with Crippen molar-refractivity contribution >= 4 is 69.8 Å². The van der Waals surface area contributed by atoms with E-state index in [4.69, 9.17) is 42.6 Å². The topological polar surface area (TPSA) is 326 Å². The van der Waals surface area contributed by atoms with Gasteiger partial charge in [-0.1, -0.05) is 154 Å². The second-order valence-electron chi connectivity index (χ2n) is 33.1. The van der Waals surface area contributed by atoms with Crippen molar-refractivity contribution in [3.63, 3.8) is 0 Å². The van der Waals surface area contributed by atoms with Gasteiger partial charge < -0.3 is 87.6 Å². The molecule has 8 aromatic carbocycles. The summed E-state index contributed by atoms with van der Waals surface area (Å²) in [5, 5.41) is 44.5. The lowest BCUT2D eigenvalue weighted by molar-refractivity contribution is -0.140. The number of ether oxygens (including phenoxy) is 9. The number of Topliss-reactive ketones (excluding diaryl/α,β-unsaturated/α-hetero) is 4. The van der Waals surface area contributed by atoms with Crippen LogP contribution in [0.15, 0.2) is 204 Å². The number of rotatable bonds is 29. The Kier molecular flexibility index (Phi) is 34.5. The lowest BCUT2D eigenvalue weighted by Crippen LogP contribution is -2.42. The van der Waals surface area contributed by atoms with Gasteiger partial charge in [-0.3, -0.25) is 53.1 Å². The van der Waals surface area contributed by atoms with E-state index in [2.05, 4.69) is 47.3 Å². The minimum atomic E-state index is -0.842. The Balaban J connectivity index is 0.000000160. The summed E-state index contributed by atoms with van der Waals surface area (Å²) in [5.41, 5.74) is 7.87. The average molecular weight is 1820 g/mol. The van der Waals surface area contributed by atoms with Crippen molar-refractivity contribution in [3.8, 4) is 34.5 Å². The van der Waals surface area contributed by atoms with Crippen molar-refractivity contribution in [1.82, 2.24) is 39.2 Å². The van der Waals surface area contributed by atoms with Crippen LogP contribution in [0.1, 0.15) is 119 Å². The van der Waals surface area contributed by atoms with Crippen molar-refractivity contribution in [2.45, 2.75) is 71.6 Å². The van der Waals surface area contributed by atoms with E-state index in [1.54, 1.807) is 127 Å². The molecule has 133 heavy (non-hydrogen) atoms. The maximum Gasteiger partial charge on any atom is 0.295 e. The number of ketones is 4. The molecule has 0 bridgehead atoms. The number of amides is 4. The van der Waals surface area contributed by atoms with Crippen LogP contribution in [0.2, 0.25) is 0 Å². The number of hydrogen-bond acceptors (Lipinski definition) is 25. The molecular formula is C103H119FN8O21. The summed E-state index contributed by atoms with van der Waals surface area (Å²) in [6.45, 7) is 26.2. The maximum atomic E-state index is 13.4. The molecule has 7 saturated heterocycles. The highest BCUT2D eigenvalue weighted by Gasteiger charge is 2.51. The predicted octanol–water partition coefficient (Wildman–Crippen LogP) is 12.7. The van der Waals surface area contributed by atoms with Crippen molar-refractivity contribution in [3.05, 3.63) is 271 Å². The summed E-state index contributed by atoms with van der Waals surface area (Å²) in [4.78, 5) is 120. The smallest absolute Gasteiger partial charge is 0.295 e. The van der Waals surface area contributed by atoms with E-state index >= 15 is 0 Å². The zero-order valence-electron chi connectivity index (χ0n) is 77.4. The lowest BCUT2D eigenvalue weighted by atomic mass is 9.93. The Morgan fingerprint density at radius 3 is 1.04 bits per heavy atom. The van der Waals surface area contributed by atoms with E-state index in [-0.39, 0.29) is 57.4 Å². The Hall–Kier alpha value is -13.1. The Bertz CT molecular complexity index is 5410. The van der Waals surface area contributed by atoms with Crippen molar-refractivity contribution in [2.24, 2.45) is 0 Å². The Morgan fingerprint density at radius 2 is 0.692 bits per heavy atom. The molecule has 4 amide bonds. The molecule has 7 aliphatic heterocycles. The van der Waals surface area contributed by atoms with Crippen molar-refractivity contribution < 1.29 is 106 Å². The van der Waals surface area contributed by atoms with Gasteiger partial charge in [0.05, 0.1) is 129 Å². The lowest BCUT2D eigenvalue weighted by Gasteiger charge is -2.31. The number of carbonyl (C=O) groups is 8. The zero-order chi connectivity index (χ0) is 95.3. The van der Waals surface area contributed by atoms with Gasteiger partial charge in [0.1, 0.15) is 40.4 Å². The summed E-state index contributed by atoms with van der Waals surface area (Å²) >= 11 is 0. The standard InChI is InChI=1S/C26H30N2O6.C26H32N2O5.C26H30N2O4.C25H27FN2O6/c1-17-4-6-18(7-5-17)24(29)22-23(19-8-9-20(32-2)21(16-19)33-3)28(26(31)25(22)30)11-10-27-12-14-34-15-13-27;1-6-27(7-2)14-15-28-23(20-16-19(32-4)12-13-21(20)33-5)22(25(30)26(28)31)24(29)18-10-8-17(3)9-11-18;1-18(2)19-8-10-20(11-9-19)23-22(24(29)21-6-4-3-5-7-21)25(30)26(31)28(23)13-12-27-14-16-32-17-15-27;1-32-19-8-5-17(15-20(19)33-2)22-21(23(29)16-3-6-18(26)7-4-16)24(30)25(31)28(22)10-9-27-11-13-34-14-12-27/h4-9,16,23,29H,10-15H2,1-3H3;8-13,16,23,29H,6-7,14-15H2,1-5H3;3-11,18,23,29H,12-17H2,1-2H3;3-8,15,22,29H,9-14H2,1-2H3. The van der Waals surface area contributed by atoms with E-state index in [0.717, 1.165) is 69.0 Å². The predicted molar refractivity (Wildman–Crippen MR) is 500 cm³/mol. The van der Waals surface area contributed by atoms with Crippen LogP contribution in [0.3, 0.4) is 0 Å². The quantitative estimate of drug-likeness (QED) is 0.0192. The van der Waals surface area contributed by atoms with Gasteiger partial charge >= 0.3 is 0 Å². The zero-order valence-corrected chi connectivity index (χ0v) is 77.4. The number of morpholine rings is 3. The molecule has 0 aliphatic carbocycles. The van der Waals surface area contributed by atoms with Crippen LogP contribution in [0.25, 0.3) is 23.0 Å². The number of nitrogens with zero attached hydrogens (tertiary/aromatic N) is 8. The maximum absolute atomic E-state index is 13.4. The highest BCUT2D eigenvalue weighted by atomic mass is 19.1. The van der Waals surface area contributed by atoms with Crippen LogP contribution in [-0.4, -0.2) is 293 Å². The van der Waals surface area contributed by atoms with Crippen LogP contribution in [-0.2, 0) is 52.6 Å². The number of aliphatic hydroxyl groups is 4. The first-order chi connectivity index (χ1) is 64.2. The monoisotopic (exact) mass is 1820 g/mol. The number of methoxy groups -OCH3 is 6. The van der Waals surface area contributed by atoms with Crippen LogP contribution < -0.4 is 28.4 Å². The first-order valence-electron chi connectivity index (χ1n) is 44.7. The molecule has 7 aliphatic rings. The highest BCUT2D eigenvalue weighted by Crippen LogP contribution is 2.48. The molecule has 0 radical (unpaired) electrons. The Labute approximate surface area is 775 Å². The van der Waals surface area contributed by atoms with Gasteiger partial charge in [0.25, 0.3) is 46.8 Å². The molecule has 4 atom stereocenters.